The molecule has 0 aliphatic rings. The zero-order valence-corrected chi connectivity index (χ0v) is 14.5. The average Bonchev–Trinajstić information content (AvgIpc) is 2.39. The molecule has 0 amide bonds. The molecule has 106 valence electrons. The van der Waals surface area contributed by atoms with Crippen molar-refractivity contribution in [3.63, 3.8) is 0 Å². The average molecular weight is 401 g/mol. The molecule has 4 heteroatoms. The van der Waals surface area contributed by atoms with Gasteiger partial charge in [-0.05, 0) is 43.7 Å². The van der Waals surface area contributed by atoms with E-state index in [0.29, 0.717) is 5.56 Å². The second-order valence-corrected chi connectivity index (χ2v) is 6.66. The topological polar surface area (TPSA) is 12.0 Å². The summed E-state index contributed by atoms with van der Waals surface area (Å²) in [6, 6.07) is 13.4. The first kappa shape index (κ1) is 15.7. The fourth-order valence-corrected chi connectivity index (χ4v) is 2.76. The molecule has 0 saturated carbocycles. The van der Waals surface area contributed by atoms with Crippen LogP contribution in [-0.4, -0.2) is 0 Å². The minimum absolute atomic E-state index is 0.0539. The van der Waals surface area contributed by atoms with Crippen molar-refractivity contribution < 1.29 is 4.39 Å². The third-order valence-corrected chi connectivity index (χ3v) is 4.32. The molecule has 0 aromatic heterocycles. The molecule has 0 saturated heterocycles. The van der Waals surface area contributed by atoms with E-state index in [2.05, 4.69) is 56.2 Å². The molecule has 0 radical (unpaired) electrons. The van der Waals surface area contributed by atoms with E-state index in [1.165, 1.54) is 11.6 Å². The highest BCUT2D eigenvalue weighted by atomic mass is 79.9. The highest BCUT2D eigenvalue weighted by molar-refractivity contribution is 9.10. The monoisotopic (exact) mass is 399 g/mol. The lowest BCUT2D eigenvalue weighted by Gasteiger charge is -2.21. The number of halogens is 3. The van der Waals surface area contributed by atoms with Gasteiger partial charge in [0, 0.05) is 26.6 Å². The zero-order valence-electron chi connectivity index (χ0n) is 11.3. The third kappa shape index (κ3) is 3.90. The molecule has 20 heavy (non-hydrogen) atoms. The van der Waals surface area contributed by atoms with Gasteiger partial charge in [0.05, 0.1) is 0 Å². The Bertz CT molecular complexity index is 584. The van der Waals surface area contributed by atoms with Crippen LogP contribution in [0.15, 0.2) is 51.4 Å². The van der Waals surface area contributed by atoms with Gasteiger partial charge in [0.25, 0.3) is 0 Å². The number of rotatable bonds is 4. The summed E-state index contributed by atoms with van der Waals surface area (Å²) in [5, 5.41) is 3.42. The summed E-state index contributed by atoms with van der Waals surface area (Å²) in [5.74, 6) is -0.192. The maximum atomic E-state index is 13.9. The van der Waals surface area contributed by atoms with Crippen LogP contribution in [0.3, 0.4) is 0 Å². The van der Waals surface area contributed by atoms with Crippen LogP contribution in [-0.2, 0) is 0 Å². The van der Waals surface area contributed by atoms with E-state index in [1.54, 1.807) is 0 Å². The standard InChI is InChI=1S/C16H16Br2FN/c1-10(12-3-5-13(17)6-4-12)20-11(2)15-8-7-14(18)9-16(15)19/h3-11,20H,1-2H3. The predicted octanol–water partition coefficient (Wildman–Crippen LogP) is 5.76. The van der Waals surface area contributed by atoms with Crippen LogP contribution in [0.25, 0.3) is 0 Å². The third-order valence-electron chi connectivity index (χ3n) is 3.30. The van der Waals surface area contributed by atoms with E-state index < -0.39 is 0 Å². The van der Waals surface area contributed by atoms with E-state index in [0.717, 1.165) is 8.95 Å². The number of hydrogen-bond acceptors (Lipinski definition) is 1. The Morgan fingerprint density at radius 3 is 2.10 bits per heavy atom. The van der Waals surface area contributed by atoms with Gasteiger partial charge in [-0.1, -0.05) is 50.1 Å². The quantitative estimate of drug-likeness (QED) is 0.687. The van der Waals surface area contributed by atoms with Gasteiger partial charge < -0.3 is 5.32 Å². The van der Waals surface area contributed by atoms with Gasteiger partial charge in [-0.15, -0.1) is 0 Å². The van der Waals surface area contributed by atoms with Crippen LogP contribution in [0, 0.1) is 5.82 Å². The van der Waals surface area contributed by atoms with E-state index in [-0.39, 0.29) is 17.9 Å². The van der Waals surface area contributed by atoms with E-state index in [4.69, 9.17) is 0 Å². The Balaban J connectivity index is 2.10. The van der Waals surface area contributed by atoms with Crippen molar-refractivity contribution >= 4 is 31.9 Å². The van der Waals surface area contributed by atoms with Gasteiger partial charge >= 0.3 is 0 Å². The molecule has 2 unspecified atom stereocenters. The normalized spacial score (nSPS) is 14.1. The lowest BCUT2D eigenvalue weighted by Crippen LogP contribution is -2.23. The minimum Gasteiger partial charge on any atom is -0.304 e. The Morgan fingerprint density at radius 2 is 1.50 bits per heavy atom. The predicted molar refractivity (Wildman–Crippen MR) is 88.2 cm³/mol. The Kier molecular flexibility index (Phi) is 5.35. The van der Waals surface area contributed by atoms with Gasteiger partial charge in [-0.3, -0.25) is 0 Å². The van der Waals surface area contributed by atoms with Gasteiger partial charge in [0.1, 0.15) is 5.82 Å². The Labute approximate surface area is 135 Å². The van der Waals surface area contributed by atoms with Crippen LogP contribution in [0.4, 0.5) is 4.39 Å². The summed E-state index contributed by atoms with van der Waals surface area (Å²) in [6.45, 7) is 4.05. The van der Waals surface area contributed by atoms with Crippen LogP contribution in [0.2, 0.25) is 0 Å². The van der Waals surface area contributed by atoms with E-state index >= 15 is 0 Å². The second kappa shape index (κ2) is 6.83. The van der Waals surface area contributed by atoms with Crippen molar-refractivity contribution in [3.8, 4) is 0 Å². The summed E-state index contributed by atoms with van der Waals surface area (Å²) < 4.78 is 15.7. The van der Waals surface area contributed by atoms with Crippen LogP contribution < -0.4 is 5.32 Å². The fraction of sp³-hybridized carbons (Fsp3) is 0.250. The van der Waals surface area contributed by atoms with Gasteiger partial charge in [-0.25, -0.2) is 4.39 Å². The first-order valence-electron chi connectivity index (χ1n) is 6.44. The zero-order chi connectivity index (χ0) is 14.7. The molecule has 0 aliphatic carbocycles. The summed E-state index contributed by atoms with van der Waals surface area (Å²) >= 11 is 6.70. The van der Waals surface area contributed by atoms with Crippen molar-refractivity contribution in [3.05, 3.63) is 68.4 Å². The molecule has 2 atom stereocenters. The highest BCUT2D eigenvalue weighted by Gasteiger charge is 2.14. The maximum absolute atomic E-state index is 13.9. The lowest BCUT2D eigenvalue weighted by atomic mass is 10.0. The highest BCUT2D eigenvalue weighted by Crippen LogP contribution is 2.24. The Morgan fingerprint density at radius 1 is 0.900 bits per heavy atom. The summed E-state index contributed by atoms with van der Waals surface area (Å²) in [6.07, 6.45) is 0. The molecule has 0 aliphatic heterocycles. The van der Waals surface area contributed by atoms with Crippen molar-refractivity contribution in [1.82, 2.24) is 5.32 Å². The minimum atomic E-state index is -0.192. The van der Waals surface area contributed by atoms with Gasteiger partial charge in [0.15, 0.2) is 0 Å². The fourth-order valence-electron chi connectivity index (χ4n) is 2.17. The van der Waals surface area contributed by atoms with Gasteiger partial charge in [0.2, 0.25) is 0 Å². The molecule has 2 aromatic rings. The summed E-state index contributed by atoms with van der Waals surface area (Å²) in [7, 11) is 0. The van der Waals surface area contributed by atoms with E-state index in [1.807, 2.05) is 31.2 Å². The molecular formula is C16H16Br2FN. The van der Waals surface area contributed by atoms with Gasteiger partial charge in [-0.2, -0.15) is 0 Å². The molecule has 0 bridgehead atoms. The molecule has 0 spiro atoms. The number of nitrogens with one attached hydrogen (secondary N) is 1. The van der Waals surface area contributed by atoms with Crippen LogP contribution >= 0.6 is 31.9 Å². The first-order valence-corrected chi connectivity index (χ1v) is 8.02. The molecular weight excluding hydrogens is 385 g/mol. The largest absolute Gasteiger partial charge is 0.304 e. The summed E-state index contributed by atoms with van der Waals surface area (Å²) in [5.41, 5.74) is 1.86. The molecule has 2 aromatic carbocycles. The lowest BCUT2D eigenvalue weighted by molar-refractivity contribution is 0.474. The molecule has 2 rings (SSSR count). The van der Waals surface area contributed by atoms with Crippen molar-refractivity contribution in [2.45, 2.75) is 25.9 Å². The Hall–Kier alpha value is -0.710. The molecule has 0 heterocycles. The molecule has 1 nitrogen and oxygen atoms in total. The van der Waals surface area contributed by atoms with Crippen molar-refractivity contribution in [1.29, 1.82) is 0 Å². The number of hydrogen-bond donors (Lipinski definition) is 1. The SMILES string of the molecule is CC(NC(C)c1ccc(Br)cc1F)c1ccc(Br)cc1. The summed E-state index contributed by atoms with van der Waals surface area (Å²) in [4.78, 5) is 0. The first-order chi connectivity index (χ1) is 9.47. The number of benzene rings is 2. The maximum Gasteiger partial charge on any atom is 0.129 e. The van der Waals surface area contributed by atoms with E-state index in [9.17, 15) is 4.39 Å². The second-order valence-electron chi connectivity index (χ2n) is 4.83. The molecule has 1 N–H and O–H groups in total. The smallest absolute Gasteiger partial charge is 0.129 e. The van der Waals surface area contributed by atoms with Crippen LogP contribution in [0.1, 0.15) is 37.1 Å². The molecule has 0 fully saturated rings. The van der Waals surface area contributed by atoms with Crippen molar-refractivity contribution in [2.75, 3.05) is 0 Å². The van der Waals surface area contributed by atoms with Crippen molar-refractivity contribution in [2.24, 2.45) is 0 Å². The van der Waals surface area contributed by atoms with Crippen LogP contribution in [0.5, 0.6) is 0 Å².